The average molecular weight is 325 g/mol. The van der Waals surface area contributed by atoms with Crippen LogP contribution >= 0.6 is 0 Å². The number of hydrogen-bond donors (Lipinski definition) is 2. The number of likely N-dealkylation sites (N-methyl/N-ethyl adjacent to an activating group) is 1. The first kappa shape index (κ1) is 18.2. The van der Waals surface area contributed by atoms with Crippen molar-refractivity contribution in [2.24, 2.45) is 0 Å². The van der Waals surface area contributed by atoms with Gasteiger partial charge in [-0.2, -0.15) is 0 Å². The zero-order valence-corrected chi connectivity index (χ0v) is 15.0. The lowest BCUT2D eigenvalue weighted by Crippen LogP contribution is -2.36. The van der Waals surface area contributed by atoms with Gasteiger partial charge >= 0.3 is 0 Å². The molecule has 1 amide bonds. The summed E-state index contributed by atoms with van der Waals surface area (Å²) in [5.41, 5.74) is 4.04. The molecule has 1 atom stereocenters. The van der Waals surface area contributed by atoms with Crippen LogP contribution in [-0.4, -0.2) is 38.0 Å². The monoisotopic (exact) mass is 325 g/mol. The second-order valence-electron chi connectivity index (χ2n) is 6.41. The van der Waals surface area contributed by atoms with E-state index in [1.165, 1.54) is 0 Å². The topological polar surface area (TPSA) is 44.4 Å². The largest absolute Gasteiger partial charge is 0.324 e. The van der Waals surface area contributed by atoms with Crippen molar-refractivity contribution in [2.45, 2.75) is 19.9 Å². The van der Waals surface area contributed by atoms with Crippen molar-refractivity contribution in [3.05, 3.63) is 65.2 Å². The van der Waals surface area contributed by atoms with Gasteiger partial charge in [-0.15, -0.1) is 0 Å². The van der Waals surface area contributed by atoms with Gasteiger partial charge in [-0.05, 0) is 50.7 Å². The number of amides is 1. The highest BCUT2D eigenvalue weighted by atomic mass is 16.2. The molecule has 0 aliphatic heterocycles. The van der Waals surface area contributed by atoms with Crippen LogP contribution in [0.15, 0.2) is 48.5 Å². The Morgan fingerprint density at radius 1 is 1.08 bits per heavy atom. The van der Waals surface area contributed by atoms with Gasteiger partial charge in [0.25, 0.3) is 0 Å². The molecule has 2 aromatic rings. The predicted molar refractivity (Wildman–Crippen MR) is 100 cm³/mol. The summed E-state index contributed by atoms with van der Waals surface area (Å²) in [5, 5.41) is 6.44. The van der Waals surface area contributed by atoms with Crippen LogP contribution in [0, 0.1) is 13.8 Å². The number of benzene rings is 2. The third-order valence-electron chi connectivity index (χ3n) is 3.95. The van der Waals surface area contributed by atoms with Gasteiger partial charge in [0.2, 0.25) is 5.91 Å². The minimum absolute atomic E-state index is 0.0337. The van der Waals surface area contributed by atoms with Crippen LogP contribution in [-0.2, 0) is 4.79 Å². The molecule has 0 saturated carbocycles. The van der Waals surface area contributed by atoms with Crippen molar-refractivity contribution in [1.29, 1.82) is 0 Å². The van der Waals surface area contributed by atoms with Crippen LogP contribution in [0.5, 0.6) is 0 Å². The number of rotatable bonds is 7. The van der Waals surface area contributed by atoms with E-state index in [9.17, 15) is 4.79 Å². The zero-order chi connectivity index (χ0) is 17.5. The molecule has 2 N–H and O–H groups in total. The van der Waals surface area contributed by atoms with E-state index in [1.807, 2.05) is 70.4 Å². The molecule has 4 heteroatoms. The lowest BCUT2D eigenvalue weighted by atomic mass is 10.1. The standard InChI is InChI=1S/C20H27N3O/c1-15-10-11-16(2)18(14-15)22-20(24)19(21-12-13-23(3)4)17-8-6-5-7-9-17/h5-11,14,19,21H,12-13H2,1-4H3,(H,22,24)/t19-/m1/s1. The molecule has 2 aromatic carbocycles. The fourth-order valence-corrected chi connectivity index (χ4v) is 2.52. The first-order valence-electron chi connectivity index (χ1n) is 8.28. The molecular formula is C20H27N3O. The van der Waals surface area contributed by atoms with Crippen molar-refractivity contribution in [2.75, 3.05) is 32.5 Å². The van der Waals surface area contributed by atoms with Gasteiger partial charge in [-0.3, -0.25) is 4.79 Å². The van der Waals surface area contributed by atoms with Gasteiger partial charge in [0.15, 0.2) is 0 Å². The Hall–Kier alpha value is -2.17. The second kappa shape index (κ2) is 8.62. The molecule has 0 fully saturated rings. The fraction of sp³-hybridized carbons (Fsp3) is 0.350. The highest BCUT2D eigenvalue weighted by Gasteiger charge is 2.20. The molecule has 4 nitrogen and oxygen atoms in total. The summed E-state index contributed by atoms with van der Waals surface area (Å²) in [6.07, 6.45) is 0. The van der Waals surface area contributed by atoms with E-state index in [2.05, 4.69) is 21.6 Å². The molecular weight excluding hydrogens is 298 g/mol. The third kappa shape index (κ3) is 5.18. The molecule has 2 rings (SSSR count). The quantitative estimate of drug-likeness (QED) is 0.822. The number of nitrogens with zero attached hydrogens (tertiary/aromatic N) is 1. The Bertz CT molecular complexity index is 668. The maximum absolute atomic E-state index is 12.9. The summed E-state index contributed by atoms with van der Waals surface area (Å²) in [7, 11) is 4.05. The second-order valence-corrected chi connectivity index (χ2v) is 6.41. The number of carbonyl (C=O) groups excluding carboxylic acids is 1. The summed E-state index contributed by atoms with van der Waals surface area (Å²) < 4.78 is 0. The molecule has 0 heterocycles. The van der Waals surface area contributed by atoms with E-state index < -0.39 is 0 Å². The molecule has 0 spiro atoms. The maximum Gasteiger partial charge on any atom is 0.246 e. The number of hydrogen-bond acceptors (Lipinski definition) is 3. The van der Waals surface area contributed by atoms with Crippen LogP contribution in [0.25, 0.3) is 0 Å². The van der Waals surface area contributed by atoms with Crippen LogP contribution in [0.2, 0.25) is 0 Å². The SMILES string of the molecule is Cc1ccc(C)c(NC(=O)[C@H](NCCN(C)C)c2ccccc2)c1. The average Bonchev–Trinajstić information content (AvgIpc) is 2.55. The van der Waals surface area contributed by atoms with E-state index in [-0.39, 0.29) is 11.9 Å². The summed E-state index contributed by atoms with van der Waals surface area (Å²) in [4.78, 5) is 15.0. The van der Waals surface area contributed by atoms with Gasteiger partial charge in [0.05, 0.1) is 0 Å². The molecule has 0 aliphatic carbocycles. The molecule has 0 unspecified atom stereocenters. The lowest BCUT2D eigenvalue weighted by Gasteiger charge is -2.21. The number of anilines is 1. The van der Waals surface area contributed by atoms with Crippen LogP contribution in [0.4, 0.5) is 5.69 Å². The molecule has 24 heavy (non-hydrogen) atoms. The van der Waals surface area contributed by atoms with Gasteiger partial charge in [-0.25, -0.2) is 0 Å². The van der Waals surface area contributed by atoms with E-state index in [1.54, 1.807) is 0 Å². The van der Waals surface area contributed by atoms with Gasteiger partial charge in [0.1, 0.15) is 6.04 Å². The molecule has 0 aliphatic rings. The van der Waals surface area contributed by atoms with Crippen LogP contribution in [0.1, 0.15) is 22.7 Å². The Morgan fingerprint density at radius 2 is 1.79 bits per heavy atom. The fourth-order valence-electron chi connectivity index (χ4n) is 2.52. The Balaban J connectivity index is 2.16. The molecule has 128 valence electrons. The summed E-state index contributed by atoms with van der Waals surface area (Å²) in [6, 6.07) is 15.6. The summed E-state index contributed by atoms with van der Waals surface area (Å²) >= 11 is 0. The van der Waals surface area contributed by atoms with E-state index in [0.29, 0.717) is 0 Å². The number of nitrogens with one attached hydrogen (secondary N) is 2. The minimum atomic E-state index is -0.369. The molecule has 0 aromatic heterocycles. The van der Waals surface area contributed by atoms with Crippen molar-refractivity contribution >= 4 is 11.6 Å². The smallest absolute Gasteiger partial charge is 0.246 e. The molecule has 0 bridgehead atoms. The van der Waals surface area contributed by atoms with Gasteiger partial charge in [-0.1, -0.05) is 42.5 Å². The first-order valence-corrected chi connectivity index (χ1v) is 8.28. The van der Waals surface area contributed by atoms with E-state index >= 15 is 0 Å². The predicted octanol–water partition coefficient (Wildman–Crippen LogP) is 3.13. The van der Waals surface area contributed by atoms with Crippen LogP contribution < -0.4 is 10.6 Å². The highest BCUT2D eigenvalue weighted by Crippen LogP contribution is 2.20. The van der Waals surface area contributed by atoms with Crippen molar-refractivity contribution in [1.82, 2.24) is 10.2 Å². The Kier molecular flexibility index (Phi) is 6.53. The Labute approximate surface area is 144 Å². The van der Waals surface area contributed by atoms with Crippen molar-refractivity contribution in [3.63, 3.8) is 0 Å². The lowest BCUT2D eigenvalue weighted by molar-refractivity contribution is -0.118. The van der Waals surface area contributed by atoms with Crippen LogP contribution in [0.3, 0.4) is 0 Å². The van der Waals surface area contributed by atoms with E-state index in [4.69, 9.17) is 0 Å². The van der Waals surface area contributed by atoms with Crippen molar-refractivity contribution in [3.8, 4) is 0 Å². The first-order chi connectivity index (χ1) is 11.5. The molecule has 0 saturated heterocycles. The summed E-state index contributed by atoms with van der Waals surface area (Å²) in [6.45, 7) is 5.65. The number of aryl methyl sites for hydroxylation is 2. The zero-order valence-electron chi connectivity index (χ0n) is 15.0. The van der Waals surface area contributed by atoms with Crippen molar-refractivity contribution < 1.29 is 4.79 Å². The Morgan fingerprint density at radius 3 is 2.46 bits per heavy atom. The van der Waals surface area contributed by atoms with Gasteiger partial charge < -0.3 is 15.5 Å². The third-order valence-corrected chi connectivity index (χ3v) is 3.95. The van der Waals surface area contributed by atoms with Gasteiger partial charge in [0, 0.05) is 18.8 Å². The maximum atomic E-state index is 12.9. The molecule has 0 radical (unpaired) electrons. The van der Waals surface area contributed by atoms with E-state index in [0.717, 1.165) is 35.5 Å². The normalized spacial score (nSPS) is 12.2. The highest BCUT2D eigenvalue weighted by molar-refractivity contribution is 5.96. The minimum Gasteiger partial charge on any atom is -0.324 e. The summed E-state index contributed by atoms with van der Waals surface area (Å²) in [5.74, 6) is -0.0337. The number of carbonyl (C=O) groups is 1.